The number of carbonyl (C=O) groups is 1. The van der Waals surface area contributed by atoms with Gasteiger partial charge in [-0.25, -0.2) is 0 Å². The van der Waals surface area contributed by atoms with E-state index in [4.69, 9.17) is 23.8 Å². The van der Waals surface area contributed by atoms with Gasteiger partial charge in [-0.05, 0) is 42.0 Å². The van der Waals surface area contributed by atoms with Gasteiger partial charge in [0, 0.05) is 24.8 Å². The summed E-state index contributed by atoms with van der Waals surface area (Å²) >= 11 is 12.9. The quantitative estimate of drug-likeness (QED) is 0.568. The lowest BCUT2D eigenvalue weighted by Gasteiger charge is -2.17. The lowest BCUT2D eigenvalue weighted by molar-refractivity contribution is -0.113. The minimum Gasteiger partial charge on any atom is -0.378 e. The van der Waals surface area contributed by atoms with Crippen LogP contribution in [0.15, 0.2) is 53.4 Å². The lowest BCUT2D eigenvalue weighted by atomic mass is 10.2. The summed E-state index contributed by atoms with van der Waals surface area (Å²) in [6.07, 6.45) is 1.79. The van der Waals surface area contributed by atoms with Crippen LogP contribution >= 0.6 is 35.6 Å². The molecule has 0 N–H and O–H groups in total. The number of rotatable bonds is 3. The molecule has 1 aliphatic heterocycles. The second kappa shape index (κ2) is 6.97. The van der Waals surface area contributed by atoms with Crippen LogP contribution in [0.3, 0.4) is 0 Å². The Morgan fingerprint density at radius 3 is 2.42 bits per heavy atom. The average molecular weight is 375 g/mol. The minimum atomic E-state index is -0.123. The molecule has 0 aromatic heterocycles. The van der Waals surface area contributed by atoms with Crippen LogP contribution in [-0.2, 0) is 4.79 Å². The first-order valence-corrected chi connectivity index (χ1v) is 8.87. The Hall–Kier alpha value is -1.82. The summed E-state index contributed by atoms with van der Waals surface area (Å²) in [4.78, 5) is 16.9. The highest BCUT2D eigenvalue weighted by molar-refractivity contribution is 8.27. The molecule has 1 amide bonds. The number of hydrogen-bond acceptors (Lipinski definition) is 4. The van der Waals surface area contributed by atoms with E-state index in [2.05, 4.69) is 0 Å². The van der Waals surface area contributed by atoms with Crippen molar-refractivity contribution in [3.63, 3.8) is 0 Å². The monoisotopic (exact) mass is 374 g/mol. The number of amides is 1. The third-order valence-corrected chi connectivity index (χ3v) is 5.26. The number of hydrogen-bond donors (Lipinski definition) is 0. The van der Waals surface area contributed by atoms with Crippen molar-refractivity contribution in [3.8, 4) is 0 Å². The molecule has 0 radical (unpaired) electrons. The SMILES string of the molecule is CN(C)c1ccc(N2C(=O)/C(=C\c3ccccc3Cl)SC2=S)cc1. The van der Waals surface area contributed by atoms with E-state index in [1.54, 1.807) is 17.0 Å². The Bertz CT molecular complexity index is 831. The van der Waals surface area contributed by atoms with E-state index in [9.17, 15) is 4.79 Å². The smallest absolute Gasteiger partial charge is 0.270 e. The van der Waals surface area contributed by atoms with Crippen molar-refractivity contribution in [2.24, 2.45) is 0 Å². The van der Waals surface area contributed by atoms with Gasteiger partial charge in [-0.3, -0.25) is 9.69 Å². The molecular formula is C18H15ClN2OS2. The van der Waals surface area contributed by atoms with Gasteiger partial charge in [0.15, 0.2) is 4.32 Å². The van der Waals surface area contributed by atoms with E-state index < -0.39 is 0 Å². The molecule has 3 rings (SSSR count). The van der Waals surface area contributed by atoms with E-state index in [0.717, 1.165) is 16.9 Å². The number of halogens is 1. The van der Waals surface area contributed by atoms with Gasteiger partial charge in [0.25, 0.3) is 5.91 Å². The highest BCUT2D eigenvalue weighted by atomic mass is 35.5. The average Bonchev–Trinajstić information content (AvgIpc) is 2.84. The molecule has 122 valence electrons. The molecule has 0 saturated carbocycles. The normalized spacial score (nSPS) is 16.1. The van der Waals surface area contributed by atoms with Crippen LogP contribution in [0.2, 0.25) is 5.02 Å². The number of benzene rings is 2. The third-order valence-electron chi connectivity index (χ3n) is 3.61. The molecule has 6 heteroatoms. The summed E-state index contributed by atoms with van der Waals surface area (Å²) in [6, 6.07) is 15.2. The Labute approximate surface area is 155 Å². The maximum absolute atomic E-state index is 12.7. The molecule has 2 aromatic rings. The van der Waals surface area contributed by atoms with E-state index in [-0.39, 0.29) is 5.91 Å². The van der Waals surface area contributed by atoms with Gasteiger partial charge in [-0.1, -0.05) is 53.8 Å². The highest BCUT2D eigenvalue weighted by Gasteiger charge is 2.33. The van der Waals surface area contributed by atoms with Crippen LogP contribution in [0.5, 0.6) is 0 Å². The van der Waals surface area contributed by atoms with E-state index in [0.29, 0.717) is 14.2 Å². The highest BCUT2D eigenvalue weighted by Crippen LogP contribution is 2.37. The molecule has 2 aromatic carbocycles. The van der Waals surface area contributed by atoms with Crippen molar-refractivity contribution < 1.29 is 4.79 Å². The molecular weight excluding hydrogens is 360 g/mol. The van der Waals surface area contributed by atoms with Crippen molar-refractivity contribution in [3.05, 3.63) is 64.0 Å². The summed E-state index contributed by atoms with van der Waals surface area (Å²) in [7, 11) is 3.95. The van der Waals surface area contributed by atoms with Gasteiger partial charge in [0.2, 0.25) is 0 Å². The Balaban J connectivity index is 1.91. The van der Waals surface area contributed by atoms with E-state index in [1.165, 1.54) is 11.8 Å². The van der Waals surface area contributed by atoms with Gasteiger partial charge in [0.05, 0.1) is 10.6 Å². The van der Waals surface area contributed by atoms with Crippen molar-refractivity contribution >= 4 is 63.3 Å². The zero-order valence-corrected chi connectivity index (χ0v) is 15.6. The van der Waals surface area contributed by atoms with Gasteiger partial charge >= 0.3 is 0 Å². The van der Waals surface area contributed by atoms with Crippen molar-refractivity contribution in [1.29, 1.82) is 0 Å². The van der Waals surface area contributed by atoms with Gasteiger partial charge in [-0.15, -0.1) is 0 Å². The van der Waals surface area contributed by atoms with Crippen molar-refractivity contribution in [2.45, 2.75) is 0 Å². The summed E-state index contributed by atoms with van der Waals surface area (Å²) in [5.74, 6) is -0.123. The van der Waals surface area contributed by atoms with E-state index in [1.807, 2.05) is 61.5 Å². The first-order valence-electron chi connectivity index (χ1n) is 7.27. The van der Waals surface area contributed by atoms with Gasteiger partial charge in [-0.2, -0.15) is 0 Å². The maximum atomic E-state index is 12.7. The van der Waals surface area contributed by atoms with E-state index >= 15 is 0 Å². The van der Waals surface area contributed by atoms with Crippen LogP contribution in [0.25, 0.3) is 6.08 Å². The predicted octanol–water partition coefficient (Wildman–Crippen LogP) is 4.81. The first kappa shape index (κ1) is 17.0. The lowest BCUT2D eigenvalue weighted by Crippen LogP contribution is -2.27. The van der Waals surface area contributed by atoms with Crippen LogP contribution in [0, 0.1) is 0 Å². The molecule has 0 spiro atoms. The molecule has 0 unspecified atom stereocenters. The summed E-state index contributed by atoms with van der Waals surface area (Å²) in [5.41, 5.74) is 2.64. The number of thioether (sulfide) groups is 1. The number of nitrogens with zero attached hydrogens (tertiary/aromatic N) is 2. The zero-order valence-electron chi connectivity index (χ0n) is 13.2. The fourth-order valence-corrected chi connectivity index (χ4v) is 3.80. The molecule has 0 aliphatic carbocycles. The maximum Gasteiger partial charge on any atom is 0.270 e. The second-order valence-electron chi connectivity index (χ2n) is 5.45. The molecule has 3 nitrogen and oxygen atoms in total. The molecule has 1 heterocycles. The molecule has 0 atom stereocenters. The summed E-state index contributed by atoms with van der Waals surface area (Å²) in [6.45, 7) is 0. The summed E-state index contributed by atoms with van der Waals surface area (Å²) < 4.78 is 0.524. The van der Waals surface area contributed by atoms with Crippen LogP contribution in [0.1, 0.15) is 5.56 Å². The summed E-state index contributed by atoms with van der Waals surface area (Å²) in [5, 5.41) is 0.609. The third kappa shape index (κ3) is 3.34. The fourth-order valence-electron chi connectivity index (χ4n) is 2.32. The predicted molar refractivity (Wildman–Crippen MR) is 108 cm³/mol. The number of carbonyl (C=O) groups excluding carboxylic acids is 1. The van der Waals surface area contributed by atoms with Crippen molar-refractivity contribution in [1.82, 2.24) is 0 Å². The van der Waals surface area contributed by atoms with Gasteiger partial charge in [0.1, 0.15) is 0 Å². The molecule has 1 fully saturated rings. The molecule has 0 bridgehead atoms. The Morgan fingerprint density at radius 2 is 1.79 bits per heavy atom. The van der Waals surface area contributed by atoms with Crippen molar-refractivity contribution in [2.75, 3.05) is 23.9 Å². The minimum absolute atomic E-state index is 0.123. The number of anilines is 2. The largest absolute Gasteiger partial charge is 0.378 e. The van der Waals surface area contributed by atoms with Crippen LogP contribution < -0.4 is 9.80 Å². The topological polar surface area (TPSA) is 23.6 Å². The fraction of sp³-hybridized carbons (Fsp3) is 0.111. The molecule has 1 saturated heterocycles. The zero-order chi connectivity index (χ0) is 17.3. The Morgan fingerprint density at radius 1 is 1.12 bits per heavy atom. The Kier molecular flexibility index (Phi) is 4.94. The van der Waals surface area contributed by atoms with Gasteiger partial charge < -0.3 is 4.90 Å². The van der Waals surface area contributed by atoms with Crippen LogP contribution in [-0.4, -0.2) is 24.3 Å². The second-order valence-corrected chi connectivity index (χ2v) is 7.53. The molecule has 24 heavy (non-hydrogen) atoms. The first-order chi connectivity index (χ1) is 11.5. The molecule has 1 aliphatic rings. The standard InChI is InChI=1S/C18H15ClN2OS2/c1-20(2)13-7-9-14(10-8-13)21-17(22)16(24-18(21)23)11-12-5-3-4-6-15(12)19/h3-11H,1-2H3/b16-11+. The number of thiocarbonyl (C=S) groups is 1. The van der Waals surface area contributed by atoms with Crippen LogP contribution in [0.4, 0.5) is 11.4 Å².